The van der Waals surface area contributed by atoms with Crippen LogP contribution in [0.4, 0.5) is 0 Å². The van der Waals surface area contributed by atoms with Gasteiger partial charge in [0.05, 0.1) is 7.11 Å². The molecule has 0 aromatic heterocycles. The normalized spacial score (nSPS) is 11.1. The number of hydrogen-bond donors (Lipinski definition) is 0. The van der Waals surface area contributed by atoms with Crippen LogP contribution in [0.5, 0.6) is 5.75 Å². The summed E-state index contributed by atoms with van der Waals surface area (Å²) in [6.07, 6.45) is 8.84. The predicted octanol–water partition coefficient (Wildman–Crippen LogP) is 4.22. The third-order valence-electron chi connectivity index (χ3n) is 2.72. The van der Waals surface area contributed by atoms with Crippen LogP contribution in [0.2, 0.25) is 0 Å². The molecule has 2 nitrogen and oxygen atoms in total. The van der Waals surface area contributed by atoms with E-state index in [1.165, 1.54) is 9.13 Å². The van der Waals surface area contributed by atoms with Crippen LogP contribution in [0.25, 0.3) is 0 Å². The van der Waals surface area contributed by atoms with Gasteiger partial charge in [-0.2, -0.15) is 0 Å². The number of hydrogen-bond acceptors (Lipinski definition) is 2. The second-order valence-electron chi connectivity index (χ2n) is 4.10. The van der Waals surface area contributed by atoms with E-state index in [0.29, 0.717) is 0 Å². The topological polar surface area (TPSA) is 18.5 Å². The van der Waals surface area contributed by atoms with Crippen molar-refractivity contribution in [2.24, 2.45) is 0 Å². The molecule has 1 rings (SSSR count). The van der Waals surface area contributed by atoms with Gasteiger partial charge in [0.2, 0.25) is 0 Å². The first kappa shape index (κ1) is 15.5. The summed E-state index contributed by atoms with van der Waals surface area (Å²) in [6, 6.07) is 6.24. The molecule has 0 bridgehead atoms. The molecule has 3 heteroatoms. The van der Waals surface area contributed by atoms with Crippen molar-refractivity contribution in [2.45, 2.75) is 25.7 Å². The Hall–Kier alpha value is -0.550. The van der Waals surface area contributed by atoms with E-state index in [2.05, 4.69) is 46.9 Å². The molecule has 0 aliphatic rings. The smallest absolute Gasteiger partial charge is 0.119 e. The molecule has 0 spiro atoms. The van der Waals surface area contributed by atoms with Gasteiger partial charge < -0.3 is 9.47 Å². The van der Waals surface area contributed by atoms with Crippen molar-refractivity contribution in [2.75, 3.05) is 20.8 Å². The highest BCUT2D eigenvalue weighted by molar-refractivity contribution is 14.1. The molecule has 0 heterocycles. The Morgan fingerprint density at radius 1 is 1.17 bits per heavy atom. The lowest BCUT2D eigenvalue weighted by molar-refractivity contribution is 0.196. The van der Waals surface area contributed by atoms with Gasteiger partial charge in [-0.15, -0.1) is 0 Å². The molecule has 0 N–H and O–H groups in total. The number of unbranched alkanes of at least 4 members (excludes halogenated alkanes) is 1. The zero-order valence-corrected chi connectivity index (χ0v) is 13.3. The number of allylic oxidation sites excluding steroid dienone is 2. The van der Waals surface area contributed by atoms with Gasteiger partial charge >= 0.3 is 0 Å². The molecule has 0 saturated heterocycles. The largest absolute Gasteiger partial charge is 0.497 e. The van der Waals surface area contributed by atoms with Gasteiger partial charge in [0.1, 0.15) is 5.75 Å². The first-order valence-electron chi connectivity index (χ1n) is 6.24. The van der Waals surface area contributed by atoms with Gasteiger partial charge in [0.15, 0.2) is 0 Å². The number of halogens is 1. The lowest BCUT2D eigenvalue weighted by Crippen LogP contribution is -1.91. The Morgan fingerprint density at radius 3 is 2.67 bits per heavy atom. The van der Waals surface area contributed by atoms with Crippen molar-refractivity contribution in [3.05, 3.63) is 39.5 Å². The summed E-state index contributed by atoms with van der Waals surface area (Å²) in [4.78, 5) is 0. The quantitative estimate of drug-likeness (QED) is 0.393. The predicted molar refractivity (Wildman–Crippen MR) is 84.3 cm³/mol. The highest BCUT2D eigenvalue weighted by Crippen LogP contribution is 2.20. The van der Waals surface area contributed by atoms with E-state index in [1.807, 2.05) is 6.07 Å². The lowest BCUT2D eigenvalue weighted by Gasteiger charge is -2.05. The molecule has 1 aromatic rings. The fourth-order valence-electron chi connectivity index (χ4n) is 1.69. The first-order valence-corrected chi connectivity index (χ1v) is 7.32. The second-order valence-corrected chi connectivity index (χ2v) is 5.26. The fourth-order valence-corrected chi connectivity index (χ4v) is 2.29. The fraction of sp³-hybridized carbons (Fsp3) is 0.467. The number of ether oxygens (including phenoxy) is 2. The van der Waals surface area contributed by atoms with E-state index >= 15 is 0 Å². The molecule has 0 saturated carbocycles. The van der Waals surface area contributed by atoms with Crippen molar-refractivity contribution < 1.29 is 9.47 Å². The summed E-state index contributed by atoms with van der Waals surface area (Å²) in [6.45, 7) is 0.845. The third kappa shape index (κ3) is 5.87. The molecule has 0 fully saturated rings. The van der Waals surface area contributed by atoms with Gasteiger partial charge in [0.25, 0.3) is 0 Å². The number of benzene rings is 1. The average molecular weight is 360 g/mol. The summed E-state index contributed by atoms with van der Waals surface area (Å²) < 4.78 is 11.6. The van der Waals surface area contributed by atoms with Crippen LogP contribution in [0.3, 0.4) is 0 Å². The summed E-state index contributed by atoms with van der Waals surface area (Å²) in [5.41, 5.74) is 1.36. The SMILES string of the molecule is COCCC/C=C/CCc1cc(OC)ccc1I. The maximum absolute atomic E-state index is 5.25. The Morgan fingerprint density at radius 2 is 1.94 bits per heavy atom. The van der Waals surface area contributed by atoms with Crippen LogP contribution < -0.4 is 4.74 Å². The van der Waals surface area contributed by atoms with Gasteiger partial charge in [-0.3, -0.25) is 0 Å². The van der Waals surface area contributed by atoms with Crippen LogP contribution in [0, 0.1) is 3.57 Å². The Balaban J connectivity index is 2.34. The minimum absolute atomic E-state index is 0.845. The highest BCUT2D eigenvalue weighted by atomic mass is 127. The first-order chi connectivity index (χ1) is 8.77. The van der Waals surface area contributed by atoms with Crippen molar-refractivity contribution in [1.29, 1.82) is 0 Å². The summed E-state index contributed by atoms with van der Waals surface area (Å²) in [5.74, 6) is 0.939. The molecule has 1 aromatic carbocycles. The zero-order valence-electron chi connectivity index (χ0n) is 11.1. The molecule has 0 aliphatic heterocycles. The Bertz CT molecular complexity index is 375. The van der Waals surface area contributed by atoms with Gasteiger partial charge in [-0.25, -0.2) is 0 Å². The van der Waals surface area contributed by atoms with E-state index < -0.39 is 0 Å². The monoisotopic (exact) mass is 360 g/mol. The minimum atomic E-state index is 0.845. The molecule has 0 radical (unpaired) electrons. The highest BCUT2D eigenvalue weighted by Gasteiger charge is 2.00. The maximum atomic E-state index is 5.25. The van der Waals surface area contributed by atoms with Gasteiger partial charge in [-0.05, 0) is 72.0 Å². The van der Waals surface area contributed by atoms with Crippen molar-refractivity contribution >= 4 is 22.6 Å². The maximum Gasteiger partial charge on any atom is 0.119 e. The van der Waals surface area contributed by atoms with E-state index in [4.69, 9.17) is 9.47 Å². The van der Waals surface area contributed by atoms with Crippen molar-refractivity contribution in [3.8, 4) is 5.75 Å². The number of rotatable bonds is 8. The van der Waals surface area contributed by atoms with E-state index in [9.17, 15) is 0 Å². The molecule has 0 atom stereocenters. The third-order valence-corrected chi connectivity index (χ3v) is 3.77. The molecule has 0 aliphatic carbocycles. The van der Waals surface area contributed by atoms with Crippen LogP contribution in [-0.4, -0.2) is 20.8 Å². The Kier molecular flexibility index (Phi) is 8.09. The van der Waals surface area contributed by atoms with Crippen molar-refractivity contribution in [1.82, 2.24) is 0 Å². The van der Waals surface area contributed by atoms with E-state index in [0.717, 1.165) is 38.0 Å². The molecule has 0 unspecified atom stereocenters. The zero-order chi connectivity index (χ0) is 13.2. The molecule has 100 valence electrons. The molecular weight excluding hydrogens is 339 g/mol. The minimum Gasteiger partial charge on any atom is -0.497 e. The number of aryl methyl sites for hydroxylation is 1. The Labute approximate surface area is 124 Å². The summed E-state index contributed by atoms with van der Waals surface area (Å²) >= 11 is 2.38. The summed E-state index contributed by atoms with van der Waals surface area (Å²) in [5, 5.41) is 0. The summed E-state index contributed by atoms with van der Waals surface area (Å²) in [7, 11) is 3.45. The van der Waals surface area contributed by atoms with Crippen LogP contribution in [-0.2, 0) is 11.2 Å². The molecular formula is C15H21IO2. The van der Waals surface area contributed by atoms with Gasteiger partial charge in [-0.1, -0.05) is 12.2 Å². The van der Waals surface area contributed by atoms with Crippen LogP contribution in [0.1, 0.15) is 24.8 Å². The standard InChI is InChI=1S/C15H21IO2/c1-17-11-7-5-3-4-6-8-13-12-14(18-2)9-10-15(13)16/h3-4,9-10,12H,5-8,11H2,1-2H3/b4-3+. The average Bonchev–Trinajstić information content (AvgIpc) is 2.39. The van der Waals surface area contributed by atoms with Crippen molar-refractivity contribution in [3.63, 3.8) is 0 Å². The van der Waals surface area contributed by atoms with Crippen LogP contribution in [0.15, 0.2) is 30.4 Å². The molecule has 0 amide bonds. The van der Waals surface area contributed by atoms with E-state index in [1.54, 1.807) is 14.2 Å². The van der Waals surface area contributed by atoms with Gasteiger partial charge in [0, 0.05) is 17.3 Å². The van der Waals surface area contributed by atoms with Crippen LogP contribution >= 0.6 is 22.6 Å². The second kappa shape index (κ2) is 9.39. The lowest BCUT2D eigenvalue weighted by atomic mass is 10.1. The molecule has 18 heavy (non-hydrogen) atoms. The van der Waals surface area contributed by atoms with E-state index in [-0.39, 0.29) is 0 Å². The number of methoxy groups -OCH3 is 2.